The fourth-order valence-electron chi connectivity index (χ4n) is 1.53. The molecule has 2 heterocycles. The normalized spacial score (nSPS) is 10.9. The molecule has 0 aliphatic rings. The average molecular weight is 299 g/mol. The predicted octanol–water partition coefficient (Wildman–Crippen LogP) is -0.870. The first-order valence-electron chi connectivity index (χ1n) is 6.12. The van der Waals surface area contributed by atoms with E-state index < -0.39 is 11.8 Å². The summed E-state index contributed by atoms with van der Waals surface area (Å²) in [7, 11) is 0. The van der Waals surface area contributed by atoms with E-state index in [1.807, 2.05) is 5.43 Å². The highest BCUT2D eigenvalue weighted by molar-refractivity contribution is 6.01. The predicted molar refractivity (Wildman–Crippen MR) is 78.3 cm³/mol. The zero-order valence-electron chi connectivity index (χ0n) is 11.4. The Morgan fingerprint density at radius 3 is 2.41 bits per heavy atom. The second kappa shape index (κ2) is 6.90. The van der Waals surface area contributed by atoms with E-state index in [0.717, 1.165) is 0 Å². The van der Waals surface area contributed by atoms with Crippen LogP contribution < -0.4 is 22.4 Å². The number of carbonyl (C=O) groups is 2. The maximum absolute atomic E-state index is 12.0. The molecule has 0 saturated carbocycles. The van der Waals surface area contributed by atoms with Crippen molar-refractivity contribution in [3.05, 3.63) is 59.7 Å². The molecule has 22 heavy (non-hydrogen) atoms. The monoisotopic (exact) mass is 299 g/mol. The molecule has 0 unspecified atom stereocenters. The molecule has 0 aromatic carbocycles. The second-order valence-electron chi connectivity index (χ2n) is 4.08. The minimum absolute atomic E-state index is 0.0150. The summed E-state index contributed by atoms with van der Waals surface area (Å²) >= 11 is 0. The SMILES string of the molecule is NNC(=O)c1cc(C(=O)NN=C(N)c2ccncc2)ccn1. The molecule has 0 spiro atoms. The number of hydrogen-bond donors (Lipinski definition) is 4. The number of pyridine rings is 2. The first-order valence-corrected chi connectivity index (χ1v) is 6.12. The lowest BCUT2D eigenvalue weighted by molar-refractivity contribution is 0.0948. The Kier molecular flexibility index (Phi) is 4.73. The van der Waals surface area contributed by atoms with Crippen LogP contribution >= 0.6 is 0 Å². The molecule has 2 aromatic rings. The minimum Gasteiger partial charge on any atom is -0.382 e. The van der Waals surface area contributed by atoms with Crippen LogP contribution in [0.1, 0.15) is 26.4 Å². The molecule has 0 aliphatic heterocycles. The van der Waals surface area contributed by atoms with Gasteiger partial charge < -0.3 is 5.73 Å². The van der Waals surface area contributed by atoms with Crippen LogP contribution in [-0.4, -0.2) is 27.6 Å². The lowest BCUT2D eigenvalue weighted by Crippen LogP contribution is -2.31. The van der Waals surface area contributed by atoms with Gasteiger partial charge in [0.15, 0.2) is 5.84 Å². The van der Waals surface area contributed by atoms with E-state index in [-0.39, 0.29) is 17.1 Å². The van der Waals surface area contributed by atoms with Gasteiger partial charge in [0.05, 0.1) is 0 Å². The number of hydrazine groups is 1. The number of hydrogen-bond acceptors (Lipinski definition) is 6. The lowest BCUT2D eigenvalue weighted by Gasteiger charge is -2.04. The molecule has 0 aliphatic carbocycles. The molecule has 0 atom stereocenters. The highest BCUT2D eigenvalue weighted by atomic mass is 16.2. The standard InChI is InChI=1S/C13H13N7O2/c14-11(8-1-4-16-5-2-8)19-20-12(21)9-3-6-17-10(7-9)13(22)18-15/h1-7H,15H2,(H2,14,19)(H,18,22)(H,20,21). The molecule has 2 amide bonds. The summed E-state index contributed by atoms with van der Waals surface area (Å²) < 4.78 is 0. The van der Waals surface area contributed by atoms with E-state index in [0.29, 0.717) is 5.56 Å². The van der Waals surface area contributed by atoms with Gasteiger partial charge in [0.25, 0.3) is 11.8 Å². The molecule has 0 radical (unpaired) electrons. The maximum atomic E-state index is 12.0. The zero-order chi connectivity index (χ0) is 15.9. The number of carbonyl (C=O) groups excluding carboxylic acids is 2. The number of amides is 2. The number of rotatable bonds is 4. The van der Waals surface area contributed by atoms with Gasteiger partial charge >= 0.3 is 0 Å². The van der Waals surface area contributed by atoms with E-state index in [1.54, 1.807) is 24.5 Å². The quantitative estimate of drug-likeness (QED) is 0.189. The van der Waals surface area contributed by atoms with Crippen molar-refractivity contribution in [2.45, 2.75) is 0 Å². The van der Waals surface area contributed by atoms with Crippen LogP contribution in [0.5, 0.6) is 0 Å². The molecular formula is C13H13N7O2. The third kappa shape index (κ3) is 3.61. The summed E-state index contributed by atoms with van der Waals surface area (Å²) in [6, 6.07) is 6.03. The van der Waals surface area contributed by atoms with Gasteiger partial charge in [0, 0.05) is 29.7 Å². The highest BCUT2D eigenvalue weighted by Crippen LogP contribution is 2.02. The summed E-state index contributed by atoms with van der Waals surface area (Å²) in [5.41, 5.74) is 10.8. The number of nitrogens with two attached hydrogens (primary N) is 2. The van der Waals surface area contributed by atoms with Crippen LogP contribution in [0.15, 0.2) is 48.0 Å². The first-order chi connectivity index (χ1) is 10.6. The van der Waals surface area contributed by atoms with Gasteiger partial charge in [-0.05, 0) is 24.3 Å². The van der Waals surface area contributed by atoms with E-state index in [4.69, 9.17) is 11.6 Å². The van der Waals surface area contributed by atoms with E-state index in [1.165, 1.54) is 18.3 Å². The summed E-state index contributed by atoms with van der Waals surface area (Å²) in [5, 5.41) is 3.79. The van der Waals surface area contributed by atoms with Crippen molar-refractivity contribution in [3.63, 3.8) is 0 Å². The Balaban J connectivity index is 2.11. The fourth-order valence-corrected chi connectivity index (χ4v) is 1.53. The highest BCUT2D eigenvalue weighted by Gasteiger charge is 2.10. The zero-order valence-corrected chi connectivity index (χ0v) is 11.4. The van der Waals surface area contributed by atoms with Crippen LogP contribution in [0.25, 0.3) is 0 Å². The van der Waals surface area contributed by atoms with E-state index in [9.17, 15) is 9.59 Å². The molecule has 0 saturated heterocycles. The van der Waals surface area contributed by atoms with Crippen LogP contribution in [0.4, 0.5) is 0 Å². The van der Waals surface area contributed by atoms with Crippen LogP contribution in [-0.2, 0) is 0 Å². The Morgan fingerprint density at radius 2 is 1.73 bits per heavy atom. The lowest BCUT2D eigenvalue weighted by atomic mass is 10.2. The van der Waals surface area contributed by atoms with Gasteiger partial charge in [-0.3, -0.25) is 25.0 Å². The van der Waals surface area contributed by atoms with Crippen molar-refractivity contribution < 1.29 is 9.59 Å². The Bertz CT molecular complexity index is 715. The molecule has 2 aromatic heterocycles. The number of hydrazone groups is 1. The molecule has 9 nitrogen and oxygen atoms in total. The van der Waals surface area contributed by atoms with Gasteiger partial charge in [-0.2, -0.15) is 5.10 Å². The third-order valence-electron chi connectivity index (χ3n) is 2.64. The van der Waals surface area contributed by atoms with Gasteiger partial charge in [-0.1, -0.05) is 0 Å². The molecule has 2 rings (SSSR count). The van der Waals surface area contributed by atoms with Crippen LogP contribution in [0, 0.1) is 0 Å². The number of nitrogens with one attached hydrogen (secondary N) is 2. The molecule has 112 valence electrons. The Labute approximate surface area is 125 Å². The van der Waals surface area contributed by atoms with Crippen molar-refractivity contribution >= 4 is 17.6 Å². The smallest absolute Gasteiger partial charge is 0.283 e. The van der Waals surface area contributed by atoms with E-state index >= 15 is 0 Å². The number of nitrogens with zero attached hydrogens (tertiary/aromatic N) is 3. The topological polar surface area (TPSA) is 148 Å². The summed E-state index contributed by atoms with van der Waals surface area (Å²) in [6.07, 6.45) is 4.43. The molecule has 9 heteroatoms. The number of amidine groups is 1. The third-order valence-corrected chi connectivity index (χ3v) is 2.64. The average Bonchev–Trinajstić information content (AvgIpc) is 2.59. The maximum Gasteiger partial charge on any atom is 0.283 e. The van der Waals surface area contributed by atoms with Gasteiger partial charge in [-0.25, -0.2) is 11.3 Å². The Morgan fingerprint density at radius 1 is 1.05 bits per heavy atom. The molecule has 0 fully saturated rings. The van der Waals surface area contributed by atoms with Gasteiger partial charge in [0.1, 0.15) is 5.69 Å². The van der Waals surface area contributed by atoms with Crippen molar-refractivity contribution in [3.8, 4) is 0 Å². The van der Waals surface area contributed by atoms with E-state index in [2.05, 4.69) is 20.5 Å². The largest absolute Gasteiger partial charge is 0.382 e. The number of nitrogen functional groups attached to an aromatic ring is 1. The van der Waals surface area contributed by atoms with Crippen molar-refractivity contribution in [1.82, 2.24) is 20.8 Å². The molecule has 6 N–H and O–H groups in total. The fraction of sp³-hybridized carbons (Fsp3) is 0. The molecular weight excluding hydrogens is 286 g/mol. The number of aromatic nitrogens is 2. The van der Waals surface area contributed by atoms with Crippen LogP contribution in [0.3, 0.4) is 0 Å². The van der Waals surface area contributed by atoms with Gasteiger partial charge in [0.2, 0.25) is 0 Å². The minimum atomic E-state index is -0.602. The van der Waals surface area contributed by atoms with Gasteiger partial charge in [-0.15, -0.1) is 0 Å². The first kappa shape index (κ1) is 15.1. The summed E-state index contributed by atoms with van der Waals surface area (Å²) in [5.74, 6) is 4.00. The Hall–Kier alpha value is -3.33. The van der Waals surface area contributed by atoms with Crippen molar-refractivity contribution in [2.75, 3.05) is 0 Å². The second-order valence-corrected chi connectivity index (χ2v) is 4.08. The summed E-state index contributed by atoms with van der Waals surface area (Å²) in [4.78, 5) is 31.0. The summed E-state index contributed by atoms with van der Waals surface area (Å²) in [6.45, 7) is 0. The van der Waals surface area contributed by atoms with Crippen molar-refractivity contribution in [2.24, 2.45) is 16.7 Å². The molecule has 0 bridgehead atoms. The van der Waals surface area contributed by atoms with Crippen LogP contribution in [0.2, 0.25) is 0 Å². The van der Waals surface area contributed by atoms with Crippen molar-refractivity contribution in [1.29, 1.82) is 0 Å².